The summed E-state index contributed by atoms with van der Waals surface area (Å²) >= 11 is 0. The van der Waals surface area contributed by atoms with E-state index in [1.54, 1.807) is 0 Å². The molecular formula is C37H41N3O5. The van der Waals surface area contributed by atoms with Gasteiger partial charge in [-0.3, -0.25) is 4.90 Å². The zero-order valence-corrected chi connectivity index (χ0v) is 25.4. The number of ether oxygens (including phenoxy) is 3. The maximum Gasteiger partial charge on any atom is 0.315 e. The molecule has 2 heterocycles. The van der Waals surface area contributed by atoms with Crippen LogP contribution in [0.5, 0.6) is 0 Å². The molecule has 3 atom stereocenters. The molecule has 0 spiro atoms. The zero-order chi connectivity index (χ0) is 30.8. The van der Waals surface area contributed by atoms with Crippen LogP contribution in [-0.4, -0.2) is 55.0 Å². The van der Waals surface area contributed by atoms with Gasteiger partial charge in [0.1, 0.15) is 0 Å². The fourth-order valence-corrected chi connectivity index (χ4v) is 5.85. The molecule has 0 aliphatic carbocycles. The average molecular weight is 608 g/mol. The molecule has 0 radical (unpaired) electrons. The van der Waals surface area contributed by atoms with Crippen molar-refractivity contribution < 1.29 is 24.1 Å². The molecular weight excluding hydrogens is 566 g/mol. The van der Waals surface area contributed by atoms with Crippen LogP contribution >= 0.6 is 0 Å². The number of benzene rings is 4. The lowest BCUT2D eigenvalue weighted by Gasteiger charge is -2.39. The van der Waals surface area contributed by atoms with Crippen molar-refractivity contribution in [3.63, 3.8) is 0 Å². The van der Waals surface area contributed by atoms with Gasteiger partial charge in [-0.15, -0.1) is 0 Å². The SMILES string of the molecule is O=C(NCc1ccccc1)NCc1cccc(-c2cccc([C@H]3O[C@@H](CN4CCOCC4)C[C@@H](c4ccc(CO)cc4)O3)c2)c1. The molecule has 2 aliphatic heterocycles. The first-order valence-corrected chi connectivity index (χ1v) is 15.7. The normalized spacial score (nSPS) is 20.4. The first kappa shape index (κ1) is 31.0. The van der Waals surface area contributed by atoms with Crippen molar-refractivity contribution >= 4 is 6.03 Å². The summed E-state index contributed by atoms with van der Waals surface area (Å²) in [6, 6.07) is 34.2. The molecule has 6 rings (SSSR count). The molecule has 4 aromatic rings. The van der Waals surface area contributed by atoms with E-state index in [-0.39, 0.29) is 24.8 Å². The van der Waals surface area contributed by atoms with Gasteiger partial charge in [-0.25, -0.2) is 4.79 Å². The smallest absolute Gasteiger partial charge is 0.315 e. The molecule has 0 aromatic heterocycles. The predicted octanol–water partition coefficient (Wildman–Crippen LogP) is 5.72. The molecule has 45 heavy (non-hydrogen) atoms. The van der Waals surface area contributed by atoms with E-state index in [0.29, 0.717) is 13.1 Å². The molecule has 2 amide bonds. The molecule has 0 saturated carbocycles. The Morgan fingerprint density at radius 3 is 2.18 bits per heavy atom. The second kappa shape index (κ2) is 15.3. The quantitative estimate of drug-likeness (QED) is 0.214. The first-order valence-electron chi connectivity index (χ1n) is 15.7. The van der Waals surface area contributed by atoms with Crippen LogP contribution in [-0.2, 0) is 33.9 Å². The van der Waals surface area contributed by atoms with Gasteiger partial charge in [0.2, 0.25) is 0 Å². The van der Waals surface area contributed by atoms with Crippen molar-refractivity contribution in [2.45, 2.75) is 44.6 Å². The van der Waals surface area contributed by atoms with E-state index >= 15 is 0 Å². The maximum atomic E-state index is 12.4. The van der Waals surface area contributed by atoms with Gasteiger partial charge in [0, 0.05) is 44.7 Å². The second-order valence-electron chi connectivity index (χ2n) is 11.6. The van der Waals surface area contributed by atoms with Gasteiger partial charge in [-0.1, -0.05) is 91.0 Å². The minimum atomic E-state index is -0.523. The van der Waals surface area contributed by atoms with Crippen molar-refractivity contribution in [1.82, 2.24) is 15.5 Å². The van der Waals surface area contributed by atoms with Crippen LogP contribution < -0.4 is 10.6 Å². The number of carbonyl (C=O) groups excluding carboxylic acids is 1. The number of hydrogen-bond acceptors (Lipinski definition) is 6. The number of morpholine rings is 1. The van der Waals surface area contributed by atoms with E-state index in [1.807, 2.05) is 72.8 Å². The number of urea groups is 1. The van der Waals surface area contributed by atoms with Crippen LogP contribution in [0.2, 0.25) is 0 Å². The summed E-state index contributed by atoms with van der Waals surface area (Å²) in [7, 11) is 0. The van der Waals surface area contributed by atoms with Crippen LogP contribution in [0.3, 0.4) is 0 Å². The van der Waals surface area contributed by atoms with E-state index in [2.05, 4.69) is 45.9 Å². The Labute approximate surface area is 264 Å². The van der Waals surface area contributed by atoms with Crippen molar-refractivity contribution in [2.24, 2.45) is 0 Å². The van der Waals surface area contributed by atoms with Gasteiger partial charge in [0.05, 0.1) is 32.0 Å². The Kier molecular flexibility index (Phi) is 10.5. The molecule has 2 saturated heterocycles. The van der Waals surface area contributed by atoms with Gasteiger partial charge >= 0.3 is 6.03 Å². The fourth-order valence-electron chi connectivity index (χ4n) is 5.85. The summed E-state index contributed by atoms with van der Waals surface area (Å²) in [6.07, 6.45) is 0.0921. The first-order chi connectivity index (χ1) is 22.1. The van der Waals surface area contributed by atoms with Gasteiger partial charge in [0.15, 0.2) is 6.29 Å². The highest BCUT2D eigenvalue weighted by molar-refractivity contribution is 5.74. The van der Waals surface area contributed by atoms with Crippen LogP contribution in [0.1, 0.15) is 46.6 Å². The number of aliphatic hydroxyl groups is 1. The topological polar surface area (TPSA) is 92.3 Å². The molecule has 8 heteroatoms. The third-order valence-corrected chi connectivity index (χ3v) is 8.35. The van der Waals surface area contributed by atoms with Crippen molar-refractivity contribution in [2.75, 3.05) is 32.8 Å². The van der Waals surface area contributed by atoms with E-state index in [9.17, 15) is 9.90 Å². The Morgan fingerprint density at radius 1 is 0.733 bits per heavy atom. The number of nitrogens with zero attached hydrogens (tertiary/aromatic N) is 1. The van der Waals surface area contributed by atoms with Crippen LogP contribution in [0.4, 0.5) is 4.79 Å². The highest BCUT2D eigenvalue weighted by Gasteiger charge is 2.33. The molecule has 3 N–H and O–H groups in total. The zero-order valence-electron chi connectivity index (χ0n) is 25.4. The number of amides is 2. The minimum absolute atomic E-state index is 0.00420. The molecule has 0 bridgehead atoms. The molecule has 2 fully saturated rings. The monoisotopic (exact) mass is 607 g/mol. The molecule has 0 unspecified atom stereocenters. The highest BCUT2D eigenvalue weighted by Crippen LogP contribution is 2.39. The summed E-state index contributed by atoms with van der Waals surface area (Å²) in [6.45, 7) is 5.02. The van der Waals surface area contributed by atoms with Gasteiger partial charge in [0.25, 0.3) is 0 Å². The highest BCUT2D eigenvalue weighted by atomic mass is 16.7. The fraction of sp³-hybridized carbons (Fsp3) is 0.324. The van der Waals surface area contributed by atoms with Crippen molar-refractivity contribution in [1.29, 1.82) is 0 Å². The summed E-state index contributed by atoms with van der Waals surface area (Å²) < 4.78 is 18.8. The molecule has 4 aromatic carbocycles. The number of rotatable bonds is 10. The van der Waals surface area contributed by atoms with E-state index in [4.69, 9.17) is 14.2 Å². The Balaban J connectivity index is 1.14. The number of carbonyl (C=O) groups is 1. The van der Waals surface area contributed by atoms with Crippen molar-refractivity contribution in [3.05, 3.63) is 131 Å². The van der Waals surface area contributed by atoms with Crippen molar-refractivity contribution in [3.8, 4) is 11.1 Å². The van der Waals surface area contributed by atoms with Crippen LogP contribution in [0.25, 0.3) is 11.1 Å². The number of aliphatic hydroxyl groups excluding tert-OH is 1. The third kappa shape index (κ3) is 8.57. The largest absolute Gasteiger partial charge is 0.392 e. The minimum Gasteiger partial charge on any atom is -0.392 e. The van der Waals surface area contributed by atoms with E-state index < -0.39 is 6.29 Å². The maximum absolute atomic E-state index is 12.4. The van der Waals surface area contributed by atoms with Gasteiger partial charge < -0.3 is 30.0 Å². The number of nitrogens with one attached hydrogen (secondary N) is 2. The van der Waals surface area contributed by atoms with E-state index in [1.165, 1.54) is 0 Å². The Morgan fingerprint density at radius 2 is 1.42 bits per heavy atom. The van der Waals surface area contributed by atoms with Crippen LogP contribution in [0, 0.1) is 0 Å². The van der Waals surface area contributed by atoms with E-state index in [0.717, 1.165) is 78.2 Å². The molecule has 8 nitrogen and oxygen atoms in total. The lowest BCUT2D eigenvalue weighted by atomic mass is 9.98. The Hall–Kier alpha value is -4.05. The summed E-state index contributed by atoms with van der Waals surface area (Å²) in [5.41, 5.74) is 7.09. The standard InChI is InChI=1S/C37H41N3O5/c41-26-28-12-14-30(15-13-28)35-22-34(25-40-16-18-43-19-17-40)44-36(45-35)33-11-5-10-32(21-33)31-9-4-8-29(20-31)24-39-37(42)38-23-27-6-2-1-3-7-27/h1-15,20-21,34-36,41H,16-19,22-26H2,(H2,38,39,42)/t34-,35+,36+/m1/s1. The summed E-state index contributed by atoms with van der Waals surface area (Å²) in [5, 5.41) is 15.4. The molecule has 2 aliphatic rings. The lowest BCUT2D eigenvalue weighted by Crippen LogP contribution is -2.44. The van der Waals surface area contributed by atoms with Gasteiger partial charge in [-0.05, 0) is 45.5 Å². The average Bonchev–Trinajstić information content (AvgIpc) is 3.11. The predicted molar refractivity (Wildman–Crippen MR) is 173 cm³/mol. The third-order valence-electron chi connectivity index (χ3n) is 8.35. The second-order valence-corrected chi connectivity index (χ2v) is 11.6. The van der Waals surface area contributed by atoms with Crippen LogP contribution in [0.15, 0.2) is 103 Å². The number of hydrogen-bond donors (Lipinski definition) is 3. The summed E-state index contributed by atoms with van der Waals surface area (Å²) in [5.74, 6) is 0. The lowest BCUT2D eigenvalue weighted by molar-refractivity contribution is -0.253. The summed E-state index contributed by atoms with van der Waals surface area (Å²) in [4.78, 5) is 14.8. The van der Waals surface area contributed by atoms with Gasteiger partial charge in [-0.2, -0.15) is 0 Å². The molecule has 234 valence electrons. The Bertz CT molecular complexity index is 1520.